The fraction of sp³-hybridized carbons (Fsp3) is 0.158. The van der Waals surface area contributed by atoms with Gasteiger partial charge in [-0.05, 0) is 37.3 Å². The molecule has 1 aromatic heterocycles. The molecule has 2 amide bonds. The van der Waals surface area contributed by atoms with E-state index < -0.39 is 17.6 Å². The summed E-state index contributed by atoms with van der Waals surface area (Å²) in [4.78, 5) is 24.0. The Balaban J connectivity index is 1.61. The zero-order valence-corrected chi connectivity index (χ0v) is 15.8. The Morgan fingerprint density at radius 1 is 1.18 bits per heavy atom. The number of hydrogen-bond donors (Lipinski definition) is 3. The number of nitrogens with zero attached hydrogens (tertiary/aromatic N) is 2. The largest absolute Gasteiger partial charge is 0.300 e. The fourth-order valence-corrected chi connectivity index (χ4v) is 2.87. The van der Waals surface area contributed by atoms with Crippen molar-refractivity contribution in [2.24, 2.45) is 0 Å². The molecule has 7 nitrogen and oxygen atoms in total. The Kier molecular flexibility index (Phi) is 5.95. The molecule has 0 aliphatic carbocycles. The van der Waals surface area contributed by atoms with E-state index in [1.807, 2.05) is 31.2 Å². The molecule has 0 saturated heterocycles. The van der Waals surface area contributed by atoms with Gasteiger partial charge in [-0.2, -0.15) is 5.10 Å². The van der Waals surface area contributed by atoms with Gasteiger partial charge < -0.3 is 0 Å². The molecule has 0 radical (unpaired) electrons. The Morgan fingerprint density at radius 3 is 2.71 bits per heavy atom. The van der Waals surface area contributed by atoms with E-state index in [1.54, 1.807) is 4.57 Å². The van der Waals surface area contributed by atoms with E-state index in [2.05, 4.69) is 21.0 Å². The van der Waals surface area contributed by atoms with Gasteiger partial charge in [0.25, 0.3) is 5.91 Å². The number of amides is 2. The lowest BCUT2D eigenvalue weighted by molar-refractivity contribution is -0.122. The summed E-state index contributed by atoms with van der Waals surface area (Å²) in [6.07, 6.45) is 0.0458. The van der Waals surface area contributed by atoms with E-state index in [-0.39, 0.29) is 18.5 Å². The molecule has 0 aliphatic heterocycles. The van der Waals surface area contributed by atoms with Crippen molar-refractivity contribution in [2.75, 3.05) is 0 Å². The molecule has 3 N–H and O–H groups in total. The number of nitrogens with one attached hydrogen (secondary N) is 3. The molecular formula is C19H18FN5O2S. The van der Waals surface area contributed by atoms with E-state index in [4.69, 9.17) is 12.2 Å². The first-order valence-corrected chi connectivity index (χ1v) is 8.92. The number of aryl methyl sites for hydroxylation is 1. The first kappa shape index (κ1) is 19.4. The van der Waals surface area contributed by atoms with Crippen LogP contribution >= 0.6 is 12.2 Å². The van der Waals surface area contributed by atoms with Crippen LogP contribution < -0.4 is 10.9 Å². The maximum Gasteiger partial charge on any atom is 0.272 e. The smallest absolute Gasteiger partial charge is 0.272 e. The number of hydrogen-bond acceptors (Lipinski definition) is 4. The van der Waals surface area contributed by atoms with Gasteiger partial charge in [-0.15, -0.1) is 0 Å². The van der Waals surface area contributed by atoms with E-state index in [9.17, 15) is 14.0 Å². The number of carbonyl (C=O) groups is 2. The molecule has 0 aliphatic rings. The van der Waals surface area contributed by atoms with Gasteiger partial charge in [0.05, 0.1) is 5.56 Å². The Morgan fingerprint density at radius 2 is 1.96 bits per heavy atom. The summed E-state index contributed by atoms with van der Waals surface area (Å²) >= 11 is 5.24. The monoisotopic (exact) mass is 399 g/mol. The quantitative estimate of drug-likeness (QED) is 0.454. The maximum absolute atomic E-state index is 13.6. The highest BCUT2D eigenvalue weighted by Crippen LogP contribution is 2.18. The third-order valence-corrected chi connectivity index (χ3v) is 4.34. The van der Waals surface area contributed by atoms with E-state index in [1.165, 1.54) is 24.3 Å². The van der Waals surface area contributed by atoms with Crippen LogP contribution in [0, 0.1) is 17.5 Å². The summed E-state index contributed by atoms with van der Waals surface area (Å²) in [5.74, 6) is -1.21. The van der Waals surface area contributed by atoms with Crippen molar-refractivity contribution in [3.63, 3.8) is 0 Å². The van der Waals surface area contributed by atoms with Crippen molar-refractivity contribution in [2.45, 2.75) is 19.9 Å². The van der Waals surface area contributed by atoms with Crippen molar-refractivity contribution in [3.8, 4) is 11.4 Å². The second-order valence-electron chi connectivity index (χ2n) is 6.11. The maximum atomic E-state index is 13.6. The van der Waals surface area contributed by atoms with Crippen molar-refractivity contribution in [1.82, 2.24) is 25.6 Å². The predicted molar refractivity (Wildman–Crippen MR) is 104 cm³/mol. The number of rotatable bonds is 5. The van der Waals surface area contributed by atoms with Gasteiger partial charge in [-0.3, -0.25) is 30.1 Å². The minimum absolute atomic E-state index is 0.0458. The summed E-state index contributed by atoms with van der Waals surface area (Å²) in [5.41, 5.74) is 6.28. The third-order valence-electron chi connectivity index (χ3n) is 4.03. The second kappa shape index (κ2) is 8.57. The van der Waals surface area contributed by atoms with Crippen LogP contribution in [0.4, 0.5) is 4.39 Å². The van der Waals surface area contributed by atoms with Gasteiger partial charge >= 0.3 is 0 Å². The molecule has 3 aromatic rings. The van der Waals surface area contributed by atoms with E-state index in [0.29, 0.717) is 10.6 Å². The predicted octanol–water partition coefficient (Wildman–Crippen LogP) is 2.91. The van der Waals surface area contributed by atoms with Gasteiger partial charge in [0.2, 0.25) is 5.91 Å². The molecule has 2 aromatic carbocycles. The van der Waals surface area contributed by atoms with Gasteiger partial charge in [0.15, 0.2) is 10.6 Å². The lowest BCUT2D eigenvalue weighted by Gasteiger charge is -2.10. The number of benzene rings is 2. The lowest BCUT2D eigenvalue weighted by atomic mass is 10.1. The number of halogens is 1. The zero-order valence-electron chi connectivity index (χ0n) is 15.0. The summed E-state index contributed by atoms with van der Waals surface area (Å²) in [5, 5.41) is 6.96. The van der Waals surface area contributed by atoms with Crippen LogP contribution in [0.2, 0.25) is 0 Å². The second-order valence-corrected chi connectivity index (χ2v) is 6.49. The summed E-state index contributed by atoms with van der Waals surface area (Å²) < 4.78 is 15.7. The summed E-state index contributed by atoms with van der Waals surface area (Å²) in [6, 6.07) is 13.3. The van der Waals surface area contributed by atoms with Crippen molar-refractivity contribution < 1.29 is 14.0 Å². The molecule has 0 fully saturated rings. The van der Waals surface area contributed by atoms with E-state index >= 15 is 0 Å². The average Bonchev–Trinajstić information content (AvgIpc) is 3.05. The molecule has 0 unspecified atom stereocenters. The molecule has 0 atom stereocenters. The summed E-state index contributed by atoms with van der Waals surface area (Å²) in [7, 11) is 0. The Hall–Kier alpha value is -3.33. The number of carbonyl (C=O) groups excluding carboxylic acids is 2. The van der Waals surface area contributed by atoms with Crippen LogP contribution in [-0.2, 0) is 11.3 Å². The zero-order chi connectivity index (χ0) is 20.1. The van der Waals surface area contributed by atoms with Crippen LogP contribution in [0.3, 0.4) is 0 Å². The molecule has 0 saturated carbocycles. The molecule has 3 rings (SSSR count). The van der Waals surface area contributed by atoms with Crippen molar-refractivity contribution in [1.29, 1.82) is 0 Å². The minimum Gasteiger partial charge on any atom is -0.300 e. The van der Waals surface area contributed by atoms with E-state index in [0.717, 1.165) is 11.1 Å². The molecule has 28 heavy (non-hydrogen) atoms. The normalized spacial score (nSPS) is 10.5. The third kappa shape index (κ3) is 4.49. The van der Waals surface area contributed by atoms with Crippen LogP contribution in [0.5, 0.6) is 0 Å². The molecule has 144 valence electrons. The Bertz CT molecular complexity index is 1080. The highest BCUT2D eigenvalue weighted by atomic mass is 32.1. The summed E-state index contributed by atoms with van der Waals surface area (Å²) in [6.45, 7) is 2.24. The minimum atomic E-state index is -0.730. The van der Waals surface area contributed by atoms with Crippen molar-refractivity contribution >= 4 is 24.0 Å². The van der Waals surface area contributed by atoms with Crippen LogP contribution in [-0.4, -0.2) is 26.6 Å². The van der Waals surface area contributed by atoms with Crippen molar-refractivity contribution in [3.05, 3.63) is 70.2 Å². The molecular weight excluding hydrogens is 381 g/mol. The average molecular weight is 399 g/mol. The molecule has 1 heterocycles. The molecule has 9 heteroatoms. The van der Waals surface area contributed by atoms with Gasteiger partial charge in [0, 0.05) is 18.5 Å². The van der Waals surface area contributed by atoms with Gasteiger partial charge in [-0.25, -0.2) is 4.39 Å². The number of hydrazine groups is 1. The number of aromatic amines is 1. The van der Waals surface area contributed by atoms with Gasteiger partial charge in [-0.1, -0.05) is 35.9 Å². The Labute approximate surface area is 165 Å². The number of aromatic nitrogens is 3. The van der Waals surface area contributed by atoms with Crippen LogP contribution in [0.1, 0.15) is 22.3 Å². The fourth-order valence-electron chi connectivity index (χ4n) is 2.64. The van der Waals surface area contributed by atoms with Gasteiger partial charge in [0.1, 0.15) is 5.82 Å². The molecule has 0 bridgehead atoms. The van der Waals surface area contributed by atoms with Crippen LogP contribution in [0.15, 0.2) is 48.5 Å². The highest BCUT2D eigenvalue weighted by molar-refractivity contribution is 7.71. The first-order valence-electron chi connectivity index (χ1n) is 8.51. The highest BCUT2D eigenvalue weighted by Gasteiger charge is 2.13. The lowest BCUT2D eigenvalue weighted by Crippen LogP contribution is -2.42. The topological polar surface area (TPSA) is 91.8 Å². The first-order chi connectivity index (χ1) is 13.5. The number of H-pyrrole nitrogens is 1. The van der Waals surface area contributed by atoms with Crippen LogP contribution in [0.25, 0.3) is 11.4 Å². The molecule has 0 spiro atoms. The standard InChI is InChI=1S/C19H18FN5O2S/c1-12-5-4-6-13(11-12)17-22-24-19(28)25(17)10-9-16(26)21-23-18(27)14-7-2-3-8-15(14)20/h2-8,11H,9-10H2,1H3,(H,21,26)(H,23,27)(H,24,28). The SMILES string of the molecule is Cc1cccc(-c2n[nH]c(=S)n2CCC(=O)NNC(=O)c2ccccc2F)c1.